The Kier molecular flexibility index (Phi) is 5.17. The number of carbonyl (C=O) groups excluding carboxylic acids is 1. The second kappa shape index (κ2) is 6.91. The maximum Gasteiger partial charge on any atom is 0.255 e. The van der Waals surface area contributed by atoms with Crippen molar-refractivity contribution in [2.75, 3.05) is 26.8 Å². The molecule has 1 amide bonds. The summed E-state index contributed by atoms with van der Waals surface area (Å²) >= 11 is 0. The summed E-state index contributed by atoms with van der Waals surface area (Å²) < 4.78 is 5.06. The Hall–Kier alpha value is -1.90. The van der Waals surface area contributed by atoms with Crippen LogP contribution in [0.1, 0.15) is 35.7 Å². The zero-order chi connectivity index (χ0) is 16.2. The third kappa shape index (κ3) is 3.29. The lowest BCUT2D eigenvalue weighted by Gasteiger charge is -2.43. The molecular weight excluding hydrogens is 280 g/mol. The van der Waals surface area contributed by atoms with Crippen LogP contribution in [-0.4, -0.2) is 48.3 Å². The number of amides is 1. The van der Waals surface area contributed by atoms with Crippen LogP contribution in [0.3, 0.4) is 0 Å². The van der Waals surface area contributed by atoms with Gasteiger partial charge in [0.2, 0.25) is 0 Å². The number of piperidine rings is 1. The van der Waals surface area contributed by atoms with Gasteiger partial charge in [0.25, 0.3) is 5.91 Å². The fourth-order valence-electron chi connectivity index (χ4n) is 2.94. The fourth-order valence-corrected chi connectivity index (χ4v) is 2.94. The van der Waals surface area contributed by atoms with Gasteiger partial charge in [0.1, 0.15) is 0 Å². The molecule has 0 saturated carbocycles. The van der Waals surface area contributed by atoms with Gasteiger partial charge in [-0.1, -0.05) is 19.1 Å². The first-order valence-corrected chi connectivity index (χ1v) is 7.51. The molecule has 1 heterocycles. The van der Waals surface area contributed by atoms with Crippen molar-refractivity contribution < 1.29 is 14.6 Å². The zero-order valence-corrected chi connectivity index (χ0v) is 13.1. The van der Waals surface area contributed by atoms with Crippen LogP contribution in [0, 0.1) is 17.2 Å². The fraction of sp³-hybridized carbons (Fsp3) is 0.529. The molecule has 1 saturated heterocycles. The number of hydrogen-bond donors (Lipinski definition) is 1. The highest BCUT2D eigenvalue weighted by Gasteiger charge is 2.40. The highest BCUT2D eigenvalue weighted by Crippen LogP contribution is 2.31. The van der Waals surface area contributed by atoms with Gasteiger partial charge >= 0.3 is 0 Å². The molecule has 5 nitrogen and oxygen atoms in total. The summed E-state index contributed by atoms with van der Waals surface area (Å²) in [4.78, 5) is 14.3. The number of rotatable bonds is 4. The van der Waals surface area contributed by atoms with Crippen LogP contribution in [-0.2, 0) is 4.74 Å². The van der Waals surface area contributed by atoms with Crippen LogP contribution in [0.2, 0.25) is 0 Å². The van der Waals surface area contributed by atoms with Crippen molar-refractivity contribution in [1.29, 1.82) is 5.26 Å². The van der Waals surface area contributed by atoms with Crippen LogP contribution >= 0.6 is 0 Å². The van der Waals surface area contributed by atoms with Crippen LogP contribution in [0.5, 0.6) is 0 Å². The first-order valence-electron chi connectivity index (χ1n) is 7.51. The van der Waals surface area contributed by atoms with Crippen molar-refractivity contribution >= 4 is 5.91 Å². The average Bonchev–Trinajstić information content (AvgIpc) is 2.55. The Balaban J connectivity index is 2.10. The van der Waals surface area contributed by atoms with Crippen molar-refractivity contribution in [3.63, 3.8) is 0 Å². The van der Waals surface area contributed by atoms with E-state index in [1.165, 1.54) is 0 Å². The van der Waals surface area contributed by atoms with Gasteiger partial charge in [-0.25, -0.2) is 0 Å². The average molecular weight is 302 g/mol. The molecule has 2 rings (SSSR count). The number of aliphatic hydroxyl groups is 1. The first kappa shape index (κ1) is 16.5. The highest BCUT2D eigenvalue weighted by molar-refractivity contribution is 5.96. The molecule has 0 bridgehead atoms. The molecular formula is C17H22N2O3. The Morgan fingerprint density at radius 3 is 2.91 bits per heavy atom. The molecule has 22 heavy (non-hydrogen) atoms. The first-order chi connectivity index (χ1) is 10.5. The third-order valence-electron chi connectivity index (χ3n) is 4.53. The molecule has 5 heteroatoms. The van der Waals surface area contributed by atoms with E-state index in [-0.39, 0.29) is 11.8 Å². The SMILES string of the molecule is COCC[C@]1(O)CCN(C(=O)c2ccccc2C#N)C[C@H]1C. The second-order valence-electron chi connectivity index (χ2n) is 5.91. The number of carbonyl (C=O) groups is 1. The molecule has 1 aliphatic rings. The van der Waals surface area contributed by atoms with E-state index in [4.69, 9.17) is 10.00 Å². The standard InChI is InChI=1S/C17H22N2O3/c1-13-12-19(9-7-17(13,21)8-10-22-2)16(20)15-6-4-3-5-14(15)11-18/h3-6,13,21H,7-10,12H2,1-2H3/t13-,17-/m1/s1. The molecule has 0 spiro atoms. The van der Waals surface area contributed by atoms with E-state index in [0.717, 1.165) is 0 Å². The number of nitriles is 1. The minimum absolute atomic E-state index is 0.0328. The summed E-state index contributed by atoms with van der Waals surface area (Å²) in [6, 6.07) is 8.89. The molecule has 2 atom stereocenters. The number of nitrogens with zero attached hydrogens (tertiary/aromatic N) is 2. The van der Waals surface area contributed by atoms with Gasteiger partial charge < -0.3 is 14.7 Å². The largest absolute Gasteiger partial charge is 0.389 e. The van der Waals surface area contributed by atoms with Crippen molar-refractivity contribution in [2.45, 2.75) is 25.4 Å². The maximum atomic E-state index is 12.6. The smallest absolute Gasteiger partial charge is 0.255 e. The van der Waals surface area contributed by atoms with Gasteiger partial charge in [-0.3, -0.25) is 4.79 Å². The summed E-state index contributed by atoms with van der Waals surface area (Å²) in [5.74, 6) is -0.174. The van der Waals surface area contributed by atoms with E-state index in [1.807, 2.05) is 6.92 Å². The molecule has 0 aliphatic carbocycles. The number of ether oxygens (including phenoxy) is 1. The van der Waals surface area contributed by atoms with E-state index < -0.39 is 5.60 Å². The van der Waals surface area contributed by atoms with Crippen molar-refractivity contribution in [1.82, 2.24) is 4.90 Å². The molecule has 0 aromatic heterocycles. The van der Waals surface area contributed by atoms with Gasteiger partial charge in [0, 0.05) is 32.7 Å². The van der Waals surface area contributed by atoms with Gasteiger partial charge in [0.15, 0.2) is 0 Å². The van der Waals surface area contributed by atoms with E-state index >= 15 is 0 Å². The van der Waals surface area contributed by atoms with Gasteiger partial charge in [-0.05, 0) is 25.0 Å². The molecule has 1 N–H and O–H groups in total. The molecule has 1 aliphatic heterocycles. The Morgan fingerprint density at radius 2 is 2.27 bits per heavy atom. The van der Waals surface area contributed by atoms with Crippen LogP contribution in [0.15, 0.2) is 24.3 Å². The second-order valence-corrected chi connectivity index (χ2v) is 5.91. The molecule has 0 unspecified atom stereocenters. The van der Waals surface area contributed by atoms with Gasteiger partial charge in [0.05, 0.1) is 22.8 Å². The van der Waals surface area contributed by atoms with E-state index in [9.17, 15) is 9.90 Å². The maximum absolute atomic E-state index is 12.6. The highest BCUT2D eigenvalue weighted by atomic mass is 16.5. The molecule has 1 fully saturated rings. The lowest BCUT2D eigenvalue weighted by Crippen LogP contribution is -2.53. The minimum atomic E-state index is -0.790. The van der Waals surface area contributed by atoms with E-state index in [1.54, 1.807) is 36.3 Å². The lowest BCUT2D eigenvalue weighted by atomic mass is 9.79. The Bertz CT molecular complexity index is 582. The summed E-state index contributed by atoms with van der Waals surface area (Å²) in [6.45, 7) is 3.43. The monoisotopic (exact) mass is 302 g/mol. The number of methoxy groups -OCH3 is 1. The quantitative estimate of drug-likeness (QED) is 0.920. The minimum Gasteiger partial charge on any atom is -0.389 e. The van der Waals surface area contributed by atoms with Crippen molar-refractivity contribution in [3.8, 4) is 6.07 Å². The van der Waals surface area contributed by atoms with Crippen molar-refractivity contribution in [2.24, 2.45) is 5.92 Å². The zero-order valence-electron chi connectivity index (χ0n) is 13.1. The Morgan fingerprint density at radius 1 is 1.55 bits per heavy atom. The van der Waals surface area contributed by atoms with Gasteiger partial charge in [-0.15, -0.1) is 0 Å². The van der Waals surface area contributed by atoms with Crippen molar-refractivity contribution in [3.05, 3.63) is 35.4 Å². The van der Waals surface area contributed by atoms with E-state index in [2.05, 4.69) is 6.07 Å². The molecule has 0 radical (unpaired) electrons. The normalized spacial score (nSPS) is 24.8. The molecule has 1 aromatic carbocycles. The number of benzene rings is 1. The summed E-state index contributed by atoms with van der Waals surface area (Å²) in [5, 5.41) is 19.8. The third-order valence-corrected chi connectivity index (χ3v) is 4.53. The number of likely N-dealkylation sites (tertiary alicyclic amines) is 1. The summed E-state index contributed by atoms with van der Waals surface area (Å²) in [6.07, 6.45) is 1.10. The van der Waals surface area contributed by atoms with Gasteiger partial charge in [-0.2, -0.15) is 5.26 Å². The van der Waals surface area contributed by atoms with Crippen LogP contribution < -0.4 is 0 Å². The summed E-state index contributed by atoms with van der Waals surface area (Å²) in [7, 11) is 1.62. The lowest BCUT2D eigenvalue weighted by molar-refractivity contribution is -0.0750. The summed E-state index contributed by atoms with van der Waals surface area (Å²) in [5.41, 5.74) is 0.0292. The van der Waals surface area contributed by atoms with Crippen LogP contribution in [0.4, 0.5) is 0 Å². The molecule has 1 aromatic rings. The predicted octanol–water partition coefficient (Wildman–Crippen LogP) is 1.81. The predicted molar refractivity (Wildman–Crippen MR) is 82.3 cm³/mol. The molecule has 118 valence electrons. The van der Waals surface area contributed by atoms with E-state index in [0.29, 0.717) is 43.7 Å². The van der Waals surface area contributed by atoms with Crippen LogP contribution in [0.25, 0.3) is 0 Å². The Labute approximate surface area is 131 Å². The topological polar surface area (TPSA) is 73.6 Å². The number of hydrogen-bond acceptors (Lipinski definition) is 4.